The number of aromatic nitrogens is 4. The summed E-state index contributed by atoms with van der Waals surface area (Å²) in [5, 5.41) is 0.430. The monoisotopic (exact) mass is 356 g/mol. The Morgan fingerprint density at radius 3 is 1.93 bits per heavy atom. The fourth-order valence-corrected chi connectivity index (χ4v) is 2.73. The molecule has 0 spiro atoms. The van der Waals surface area contributed by atoms with Gasteiger partial charge >= 0.3 is 0 Å². The average Bonchev–Trinajstić information content (AvgIpc) is 3.22. The van der Waals surface area contributed by atoms with Crippen molar-refractivity contribution in [1.82, 2.24) is 19.5 Å². The highest BCUT2D eigenvalue weighted by atomic mass is 16.1. The van der Waals surface area contributed by atoms with Crippen LogP contribution < -0.4 is 21.8 Å². The molecule has 2 N–H and O–H groups in total. The second kappa shape index (κ2) is 7.13. The zero-order valence-electron chi connectivity index (χ0n) is 14.3. The molecule has 27 heavy (non-hydrogen) atoms. The normalized spacial score (nSPS) is 12.4. The summed E-state index contributed by atoms with van der Waals surface area (Å²) in [6.07, 6.45) is 8.55. The number of aromatic amines is 2. The summed E-state index contributed by atoms with van der Waals surface area (Å²) < 4.78 is 1.88. The number of nitrogens with one attached hydrogen (secondary N) is 2. The van der Waals surface area contributed by atoms with Gasteiger partial charge in [0.1, 0.15) is 10.7 Å². The smallest absolute Gasteiger partial charge is 0.272 e. The van der Waals surface area contributed by atoms with Crippen LogP contribution in [0.3, 0.4) is 0 Å². The quantitative estimate of drug-likeness (QED) is 0.572. The highest BCUT2D eigenvalue weighted by Gasteiger charge is 1.98. The van der Waals surface area contributed by atoms with E-state index in [4.69, 9.17) is 0 Å². The maximum absolute atomic E-state index is 12.4. The van der Waals surface area contributed by atoms with E-state index >= 15 is 0 Å². The van der Waals surface area contributed by atoms with Gasteiger partial charge in [-0.05, 0) is 35.4 Å². The Balaban J connectivity index is 1.72. The van der Waals surface area contributed by atoms with Gasteiger partial charge in [0.15, 0.2) is 0 Å². The van der Waals surface area contributed by atoms with E-state index in [-0.39, 0.29) is 21.8 Å². The molecular formula is C21H16N4O2. The van der Waals surface area contributed by atoms with Crippen molar-refractivity contribution in [3.05, 3.63) is 116 Å². The fraction of sp³-hybridized carbons (Fsp3) is 0. The first-order valence-electron chi connectivity index (χ1n) is 8.38. The molecule has 132 valence electrons. The molecule has 0 saturated carbocycles. The summed E-state index contributed by atoms with van der Waals surface area (Å²) in [5.74, 6) is 0. The molecule has 0 unspecified atom stereocenters. The third-order valence-corrected chi connectivity index (χ3v) is 4.10. The summed E-state index contributed by atoms with van der Waals surface area (Å²) in [6, 6.07) is 16.9. The number of benzene rings is 2. The summed E-state index contributed by atoms with van der Waals surface area (Å²) in [6.45, 7) is 0. The van der Waals surface area contributed by atoms with Gasteiger partial charge in [-0.25, -0.2) is 4.98 Å². The number of nitrogens with zero attached hydrogens (tertiary/aromatic N) is 2. The van der Waals surface area contributed by atoms with E-state index in [1.165, 1.54) is 0 Å². The van der Waals surface area contributed by atoms with Crippen LogP contribution in [0.5, 0.6) is 0 Å². The molecule has 0 saturated heterocycles. The molecule has 0 aliphatic heterocycles. The van der Waals surface area contributed by atoms with E-state index in [2.05, 4.69) is 15.0 Å². The molecule has 0 radical (unpaired) electrons. The van der Waals surface area contributed by atoms with Crippen LogP contribution in [0.15, 0.2) is 82.9 Å². The summed E-state index contributed by atoms with van der Waals surface area (Å²) in [5.41, 5.74) is 1.90. The lowest BCUT2D eigenvalue weighted by atomic mass is 10.2. The minimum Gasteiger partial charge on any atom is -0.316 e. The molecule has 4 aromatic rings. The number of H-pyrrole nitrogens is 2. The lowest BCUT2D eigenvalue weighted by Gasteiger charge is -2.01. The SMILES string of the molecule is O=c1[nH]c(=Cc2ccc(-n3ccnc3)cc2)c(=O)[nH]c1=Cc1ccccc1. The number of imidazole rings is 1. The number of hydrogen-bond donors (Lipinski definition) is 2. The van der Waals surface area contributed by atoms with Gasteiger partial charge in [0.25, 0.3) is 11.1 Å². The third-order valence-electron chi connectivity index (χ3n) is 4.10. The van der Waals surface area contributed by atoms with Crippen LogP contribution in [0.1, 0.15) is 11.1 Å². The Morgan fingerprint density at radius 2 is 1.37 bits per heavy atom. The van der Waals surface area contributed by atoms with E-state index in [1.807, 2.05) is 65.4 Å². The Morgan fingerprint density at radius 1 is 0.778 bits per heavy atom. The maximum atomic E-state index is 12.4. The Kier molecular flexibility index (Phi) is 4.37. The summed E-state index contributed by atoms with van der Waals surface area (Å²) in [7, 11) is 0. The maximum Gasteiger partial charge on any atom is 0.272 e. The highest BCUT2D eigenvalue weighted by molar-refractivity contribution is 5.51. The minimum absolute atomic E-state index is 0.209. The standard InChI is InChI=1S/C21H16N4O2/c26-20-18(12-15-4-2-1-3-5-15)23-21(27)19(24-20)13-16-6-8-17(9-7-16)25-11-10-22-14-25/h1-14H,(H,23,27)(H,24,26). The second-order valence-corrected chi connectivity index (χ2v) is 6.00. The topological polar surface area (TPSA) is 83.5 Å². The second-order valence-electron chi connectivity index (χ2n) is 6.00. The van der Waals surface area contributed by atoms with Gasteiger partial charge in [-0.1, -0.05) is 42.5 Å². The van der Waals surface area contributed by atoms with Gasteiger partial charge < -0.3 is 14.5 Å². The van der Waals surface area contributed by atoms with Gasteiger partial charge in [0, 0.05) is 18.1 Å². The molecule has 2 heterocycles. The minimum atomic E-state index is -0.351. The lowest BCUT2D eigenvalue weighted by molar-refractivity contribution is 1.00. The van der Waals surface area contributed by atoms with Gasteiger partial charge in [-0.3, -0.25) is 9.59 Å². The highest BCUT2D eigenvalue weighted by Crippen LogP contribution is 2.09. The van der Waals surface area contributed by atoms with E-state index in [0.29, 0.717) is 0 Å². The molecule has 6 nitrogen and oxygen atoms in total. The van der Waals surface area contributed by atoms with Gasteiger partial charge in [0.05, 0.1) is 6.33 Å². The summed E-state index contributed by atoms with van der Waals surface area (Å²) >= 11 is 0. The molecule has 0 atom stereocenters. The third kappa shape index (κ3) is 3.69. The average molecular weight is 356 g/mol. The fourth-order valence-electron chi connectivity index (χ4n) is 2.73. The van der Waals surface area contributed by atoms with Crippen LogP contribution in [0, 0.1) is 0 Å². The van der Waals surface area contributed by atoms with Crippen molar-refractivity contribution in [2.75, 3.05) is 0 Å². The van der Waals surface area contributed by atoms with Crippen LogP contribution in [0.2, 0.25) is 0 Å². The predicted molar refractivity (Wildman–Crippen MR) is 104 cm³/mol. The van der Waals surface area contributed by atoms with Gasteiger partial charge in [-0.2, -0.15) is 0 Å². The molecule has 0 fully saturated rings. The first-order valence-corrected chi connectivity index (χ1v) is 8.38. The first-order chi connectivity index (χ1) is 13.2. The van der Waals surface area contributed by atoms with Gasteiger partial charge in [-0.15, -0.1) is 0 Å². The van der Waals surface area contributed by atoms with Gasteiger partial charge in [0.2, 0.25) is 0 Å². The van der Waals surface area contributed by atoms with Crippen LogP contribution in [-0.4, -0.2) is 19.5 Å². The predicted octanol–water partition coefficient (Wildman–Crippen LogP) is 0.906. The number of hydrogen-bond acceptors (Lipinski definition) is 3. The van der Waals surface area contributed by atoms with Crippen LogP contribution in [0.25, 0.3) is 17.8 Å². The first kappa shape index (κ1) is 16.5. The largest absolute Gasteiger partial charge is 0.316 e. The van der Waals surface area contributed by atoms with E-state index in [9.17, 15) is 9.59 Å². The summed E-state index contributed by atoms with van der Waals surface area (Å²) in [4.78, 5) is 34.0. The Hall–Kier alpha value is -3.93. The van der Waals surface area contributed by atoms with E-state index in [0.717, 1.165) is 16.8 Å². The zero-order valence-corrected chi connectivity index (χ0v) is 14.3. The molecule has 0 aliphatic carbocycles. The Bertz CT molecular complexity index is 1280. The zero-order chi connectivity index (χ0) is 18.6. The van der Waals surface area contributed by atoms with Crippen molar-refractivity contribution >= 4 is 12.2 Å². The van der Waals surface area contributed by atoms with E-state index < -0.39 is 0 Å². The molecule has 2 aromatic carbocycles. The van der Waals surface area contributed by atoms with E-state index in [1.54, 1.807) is 24.7 Å². The molecule has 0 bridgehead atoms. The van der Waals surface area contributed by atoms with Crippen molar-refractivity contribution in [2.45, 2.75) is 0 Å². The van der Waals surface area contributed by atoms with Crippen LogP contribution >= 0.6 is 0 Å². The molecule has 4 rings (SSSR count). The lowest BCUT2D eigenvalue weighted by Crippen LogP contribution is -2.46. The number of rotatable bonds is 3. The molecule has 2 aromatic heterocycles. The Labute approximate surface area is 153 Å². The van der Waals surface area contributed by atoms with Crippen molar-refractivity contribution in [3.63, 3.8) is 0 Å². The molecule has 6 heteroatoms. The van der Waals surface area contributed by atoms with Crippen LogP contribution in [0.4, 0.5) is 0 Å². The molecular weight excluding hydrogens is 340 g/mol. The van der Waals surface area contributed by atoms with Crippen molar-refractivity contribution in [2.24, 2.45) is 0 Å². The molecule has 0 aliphatic rings. The van der Waals surface area contributed by atoms with Crippen molar-refractivity contribution in [3.8, 4) is 5.69 Å². The van der Waals surface area contributed by atoms with Crippen LogP contribution in [-0.2, 0) is 0 Å². The van der Waals surface area contributed by atoms with Crippen molar-refractivity contribution < 1.29 is 0 Å². The molecule has 0 amide bonds. The van der Waals surface area contributed by atoms with Crippen molar-refractivity contribution in [1.29, 1.82) is 0 Å².